The molecule has 0 atom stereocenters. The highest BCUT2D eigenvalue weighted by atomic mass is 32.1. The molecule has 3 aromatic heterocycles. The third-order valence-electron chi connectivity index (χ3n) is 5.76. The first-order chi connectivity index (χ1) is 19.8. The van der Waals surface area contributed by atoms with Crippen LogP contribution in [0.4, 0.5) is 0 Å². The quantitative estimate of drug-likeness (QED) is 0.200. The van der Waals surface area contributed by atoms with Crippen molar-refractivity contribution in [2.75, 3.05) is 0 Å². The van der Waals surface area contributed by atoms with Gasteiger partial charge in [-0.2, -0.15) is 29.9 Å². The monoisotopic (exact) mass is 590 g/mol. The fourth-order valence-corrected chi connectivity index (χ4v) is 7.64. The first kappa shape index (κ1) is 24.8. The van der Waals surface area contributed by atoms with Gasteiger partial charge in [-0.05, 0) is 24.3 Å². The average molecular weight is 591 g/mol. The number of nitrogens with zero attached hydrogens (tertiary/aromatic N) is 6. The van der Waals surface area contributed by atoms with Gasteiger partial charge in [-0.15, -0.1) is 0 Å². The molecule has 40 heavy (non-hydrogen) atoms. The molecule has 0 radical (unpaired) electrons. The minimum absolute atomic E-state index is 0.632. The highest BCUT2D eigenvalue weighted by molar-refractivity contribution is 7.30. The van der Waals surface area contributed by atoms with Crippen LogP contribution >= 0.6 is 45.3 Å². The Kier molecular flexibility index (Phi) is 6.88. The van der Waals surface area contributed by atoms with Crippen LogP contribution in [0.3, 0.4) is 0 Å². The van der Waals surface area contributed by atoms with Crippen molar-refractivity contribution in [2.24, 2.45) is 0 Å². The van der Waals surface area contributed by atoms with Crippen LogP contribution < -0.4 is 0 Å². The molecule has 7 rings (SSSR count). The third kappa shape index (κ3) is 5.43. The van der Waals surface area contributed by atoms with Gasteiger partial charge in [0.2, 0.25) is 19.8 Å². The summed E-state index contributed by atoms with van der Waals surface area (Å²) in [7, 11) is 0. The molecule has 0 aliphatic rings. The highest BCUT2D eigenvalue weighted by Crippen LogP contribution is 2.28. The van der Waals surface area contributed by atoms with E-state index in [-0.39, 0.29) is 0 Å². The van der Waals surface area contributed by atoms with Crippen LogP contribution in [0, 0.1) is 0 Å². The van der Waals surface area contributed by atoms with E-state index in [1.165, 1.54) is 45.3 Å². The Hall–Kier alpha value is -4.22. The second-order valence-corrected chi connectivity index (χ2v) is 12.5. The number of fused-ring (bicyclic) bond motifs is 6. The van der Waals surface area contributed by atoms with E-state index >= 15 is 0 Å². The van der Waals surface area contributed by atoms with Crippen LogP contribution in [0.5, 0.6) is 0 Å². The van der Waals surface area contributed by atoms with Crippen molar-refractivity contribution in [2.45, 2.75) is 0 Å². The molecule has 0 aliphatic heterocycles. The molecule has 4 aromatic carbocycles. The van der Waals surface area contributed by atoms with Crippen LogP contribution in [0.25, 0.3) is 61.4 Å². The number of aromatic nitrogens is 6. The summed E-state index contributed by atoms with van der Waals surface area (Å²) in [4.78, 5) is 31.7. The lowest BCUT2D eigenvalue weighted by Gasteiger charge is -2.01. The van der Waals surface area contributed by atoms with E-state index in [4.69, 9.17) is 29.9 Å². The summed E-state index contributed by atoms with van der Waals surface area (Å²) in [6.07, 6.45) is 0. The Morgan fingerprint density at radius 3 is 0.875 bits per heavy atom. The zero-order valence-corrected chi connectivity index (χ0v) is 24.0. The fraction of sp³-hybridized carbons (Fsp3) is 0. The number of rotatable bonds is 2. The Bertz CT molecular complexity index is 1870. The first-order valence-electron chi connectivity index (χ1n) is 12.3. The first-order valence-corrected chi connectivity index (χ1v) is 15.6. The largest absolute Gasteiger partial charge is 0.214 e. The molecule has 0 fully saturated rings. The average Bonchev–Trinajstić information content (AvgIpc) is 2.99. The van der Waals surface area contributed by atoms with Crippen molar-refractivity contribution < 1.29 is 0 Å². The fourth-order valence-electron chi connectivity index (χ4n) is 3.92. The molecular weight excluding hydrogens is 573 g/mol. The molecule has 192 valence electrons. The Labute approximate surface area is 244 Å². The minimum atomic E-state index is 0.632. The molecule has 3 heterocycles. The maximum atomic E-state index is 4.87. The Morgan fingerprint density at radius 1 is 0.300 bits per heavy atom. The van der Waals surface area contributed by atoms with E-state index in [0.29, 0.717) is 31.5 Å². The van der Waals surface area contributed by atoms with Crippen LogP contribution in [0.1, 0.15) is 0 Å². The van der Waals surface area contributed by atoms with Crippen molar-refractivity contribution in [3.05, 3.63) is 109 Å². The van der Waals surface area contributed by atoms with Gasteiger partial charge in [0, 0.05) is 29.9 Å². The van der Waals surface area contributed by atoms with E-state index in [1.807, 2.05) is 84.9 Å². The Balaban J connectivity index is 1.64. The molecule has 0 spiro atoms. The van der Waals surface area contributed by atoms with Gasteiger partial charge in [0.25, 0.3) is 0 Å². The van der Waals surface area contributed by atoms with Gasteiger partial charge in [-0.1, -0.05) is 130 Å². The predicted molar refractivity (Wildman–Crippen MR) is 170 cm³/mol. The number of hydrogen-bond donors (Lipinski definition) is 0. The van der Waals surface area contributed by atoms with Gasteiger partial charge in [0.05, 0.1) is 0 Å². The summed E-state index contributed by atoms with van der Waals surface area (Å²) in [5.74, 6) is 1.29. The molecule has 4 bridgehead atoms. The van der Waals surface area contributed by atoms with Crippen molar-refractivity contribution in [3.8, 4) is 22.8 Å². The second kappa shape index (κ2) is 11.1. The summed E-state index contributed by atoms with van der Waals surface area (Å²) in [5.41, 5.74) is 1.89. The van der Waals surface area contributed by atoms with E-state index in [0.717, 1.165) is 29.9 Å². The van der Waals surface area contributed by atoms with Gasteiger partial charge >= 0.3 is 0 Å². The van der Waals surface area contributed by atoms with Gasteiger partial charge in [-0.3, -0.25) is 0 Å². The van der Waals surface area contributed by atoms with Gasteiger partial charge in [0.1, 0.15) is 0 Å². The van der Waals surface area contributed by atoms with Gasteiger partial charge in [0.15, 0.2) is 11.6 Å². The highest BCUT2D eigenvalue weighted by Gasteiger charge is 2.07. The number of benzene rings is 4. The van der Waals surface area contributed by atoms with Crippen molar-refractivity contribution in [1.82, 2.24) is 29.9 Å². The van der Waals surface area contributed by atoms with Crippen LogP contribution in [-0.2, 0) is 0 Å². The summed E-state index contributed by atoms with van der Waals surface area (Å²) >= 11 is 6.05. The molecule has 0 saturated carbocycles. The van der Waals surface area contributed by atoms with Crippen molar-refractivity contribution in [1.29, 1.82) is 0 Å². The maximum Gasteiger partial charge on any atom is 0.214 e. The van der Waals surface area contributed by atoms with E-state index < -0.39 is 0 Å². The molecule has 0 aliphatic carbocycles. The molecule has 6 nitrogen and oxygen atoms in total. The topological polar surface area (TPSA) is 77.3 Å². The summed E-state index contributed by atoms with van der Waals surface area (Å²) in [6, 6.07) is 36.4. The van der Waals surface area contributed by atoms with Crippen molar-refractivity contribution in [3.63, 3.8) is 0 Å². The Morgan fingerprint density at radius 2 is 0.575 bits per heavy atom. The van der Waals surface area contributed by atoms with E-state index in [2.05, 4.69) is 24.3 Å². The van der Waals surface area contributed by atoms with E-state index in [9.17, 15) is 0 Å². The smallest absolute Gasteiger partial charge is 0.199 e. The lowest BCUT2D eigenvalue weighted by atomic mass is 10.2. The summed E-state index contributed by atoms with van der Waals surface area (Å²) in [6.45, 7) is 0. The molecule has 0 saturated heterocycles. The SMILES string of the molecule is c1ccc(-c2nc3nc(n2)sc2ccccc2sc2nc(-c4ccccc4)nc(n2)sc2ccccc2s3)cc1. The van der Waals surface area contributed by atoms with Crippen LogP contribution in [-0.4, -0.2) is 29.9 Å². The van der Waals surface area contributed by atoms with Gasteiger partial charge < -0.3 is 0 Å². The summed E-state index contributed by atoms with van der Waals surface area (Å²) in [5, 5.41) is 0. The standard InChI is InChI=1S/C30H18N6S4/c1-3-11-19(12-4-1)25-31-27-35-28(32-25)38-22-16-8-10-18-24(22)40-30-34-26(20-13-5-2-6-14-20)33-29(36-30)39-23-17-9-7-15-21(23)37-27/h1-18H. The van der Waals surface area contributed by atoms with Crippen LogP contribution in [0.15, 0.2) is 109 Å². The molecule has 0 unspecified atom stereocenters. The zero-order valence-electron chi connectivity index (χ0n) is 20.7. The molecule has 7 aromatic rings. The minimum Gasteiger partial charge on any atom is -0.199 e. The van der Waals surface area contributed by atoms with E-state index in [1.54, 1.807) is 0 Å². The van der Waals surface area contributed by atoms with Gasteiger partial charge in [-0.25, -0.2) is 0 Å². The third-order valence-corrected chi connectivity index (χ3v) is 9.78. The number of hydrogen-bond acceptors (Lipinski definition) is 10. The molecular formula is C30H18N6S4. The molecule has 10 heteroatoms. The predicted octanol–water partition coefficient (Wildman–Crippen LogP) is 9.06. The second-order valence-electron chi connectivity index (χ2n) is 8.48. The van der Waals surface area contributed by atoms with Crippen LogP contribution in [0.2, 0.25) is 0 Å². The molecule has 0 N–H and O–H groups in total. The summed E-state index contributed by atoms with van der Waals surface area (Å²) < 4.78 is 4.06. The normalized spacial score (nSPS) is 11.0. The molecule has 0 amide bonds. The lowest BCUT2D eigenvalue weighted by molar-refractivity contribution is 1.20. The van der Waals surface area contributed by atoms with Crippen molar-refractivity contribution >= 4 is 84.0 Å². The maximum absolute atomic E-state index is 4.87. The lowest BCUT2D eigenvalue weighted by Crippen LogP contribution is -1.91. The zero-order chi connectivity index (χ0) is 26.7.